The first kappa shape index (κ1) is 18.4. The number of methoxy groups -OCH3 is 3. The molecule has 1 aromatic rings. The highest BCUT2D eigenvalue weighted by Crippen LogP contribution is 2.41. The standard InChI is InChI=1S/C18H27N3O3/c1-6-20-7-8-21(13(2)12-20)15(11-19)14-9-16(22-3)18(24-5)17(10-14)23-4/h9-10,13,15H,6-8,12H2,1-5H3. The first-order valence-corrected chi connectivity index (χ1v) is 8.27. The first-order chi connectivity index (χ1) is 11.6. The van der Waals surface area contributed by atoms with Gasteiger partial charge in [-0.2, -0.15) is 5.26 Å². The summed E-state index contributed by atoms with van der Waals surface area (Å²) in [7, 11) is 4.75. The number of hydrogen-bond acceptors (Lipinski definition) is 6. The van der Waals surface area contributed by atoms with E-state index in [0.29, 0.717) is 23.3 Å². The van der Waals surface area contributed by atoms with E-state index in [1.807, 2.05) is 12.1 Å². The maximum atomic E-state index is 9.81. The molecule has 0 radical (unpaired) electrons. The molecule has 1 aromatic carbocycles. The summed E-state index contributed by atoms with van der Waals surface area (Å²) in [6.07, 6.45) is 0. The predicted octanol–water partition coefficient (Wildman–Crippen LogP) is 2.30. The smallest absolute Gasteiger partial charge is 0.203 e. The summed E-state index contributed by atoms with van der Waals surface area (Å²) >= 11 is 0. The van der Waals surface area contributed by atoms with Crippen LogP contribution in [-0.2, 0) is 0 Å². The monoisotopic (exact) mass is 333 g/mol. The zero-order valence-corrected chi connectivity index (χ0v) is 15.2. The number of ether oxygens (including phenoxy) is 3. The van der Waals surface area contributed by atoms with E-state index >= 15 is 0 Å². The summed E-state index contributed by atoms with van der Waals surface area (Å²) in [6, 6.07) is 6.15. The minimum atomic E-state index is -0.340. The third-order valence-electron chi connectivity index (χ3n) is 4.67. The van der Waals surface area contributed by atoms with Gasteiger partial charge in [-0.25, -0.2) is 0 Å². The summed E-state index contributed by atoms with van der Waals surface area (Å²) in [5, 5.41) is 9.81. The molecule has 6 nitrogen and oxygen atoms in total. The summed E-state index contributed by atoms with van der Waals surface area (Å²) in [6.45, 7) is 8.19. The van der Waals surface area contributed by atoms with Crippen LogP contribution in [0.2, 0.25) is 0 Å². The fourth-order valence-corrected chi connectivity index (χ4v) is 3.32. The molecule has 0 bridgehead atoms. The minimum absolute atomic E-state index is 0.308. The zero-order valence-electron chi connectivity index (χ0n) is 15.2. The zero-order chi connectivity index (χ0) is 17.7. The van der Waals surface area contributed by atoms with Crippen molar-refractivity contribution in [1.82, 2.24) is 9.80 Å². The van der Waals surface area contributed by atoms with Crippen LogP contribution in [0.1, 0.15) is 25.5 Å². The third kappa shape index (κ3) is 3.58. The molecule has 1 heterocycles. The van der Waals surface area contributed by atoms with Gasteiger partial charge in [-0.3, -0.25) is 4.90 Å². The lowest BCUT2D eigenvalue weighted by molar-refractivity contribution is 0.0682. The molecule has 1 aliphatic heterocycles. The van der Waals surface area contributed by atoms with Gasteiger partial charge in [0.1, 0.15) is 6.04 Å². The van der Waals surface area contributed by atoms with Gasteiger partial charge in [0.2, 0.25) is 5.75 Å². The van der Waals surface area contributed by atoms with E-state index < -0.39 is 0 Å². The summed E-state index contributed by atoms with van der Waals surface area (Å²) < 4.78 is 16.2. The van der Waals surface area contributed by atoms with E-state index in [4.69, 9.17) is 14.2 Å². The van der Waals surface area contributed by atoms with E-state index in [9.17, 15) is 5.26 Å². The highest BCUT2D eigenvalue weighted by Gasteiger charge is 2.31. The number of piperazine rings is 1. The van der Waals surface area contributed by atoms with E-state index in [-0.39, 0.29) is 6.04 Å². The Morgan fingerprint density at radius 2 is 1.79 bits per heavy atom. The van der Waals surface area contributed by atoms with Crippen LogP contribution in [0.25, 0.3) is 0 Å². The number of rotatable bonds is 6. The lowest BCUT2D eigenvalue weighted by Gasteiger charge is -2.41. The molecule has 0 spiro atoms. The van der Waals surface area contributed by atoms with Gasteiger partial charge < -0.3 is 19.1 Å². The number of nitrogens with zero attached hydrogens (tertiary/aromatic N) is 3. The SMILES string of the molecule is CCN1CCN(C(C#N)c2cc(OC)c(OC)c(OC)c2)C(C)C1. The van der Waals surface area contributed by atoms with Crippen molar-refractivity contribution in [2.45, 2.75) is 25.9 Å². The van der Waals surface area contributed by atoms with Gasteiger partial charge in [-0.1, -0.05) is 6.92 Å². The van der Waals surface area contributed by atoms with Crippen molar-refractivity contribution in [3.05, 3.63) is 17.7 Å². The lowest BCUT2D eigenvalue weighted by atomic mass is 10.0. The second-order valence-corrected chi connectivity index (χ2v) is 5.97. The molecule has 6 heteroatoms. The molecule has 2 unspecified atom stereocenters. The van der Waals surface area contributed by atoms with Gasteiger partial charge >= 0.3 is 0 Å². The van der Waals surface area contributed by atoms with Crippen molar-refractivity contribution in [2.24, 2.45) is 0 Å². The van der Waals surface area contributed by atoms with Crippen LogP contribution in [0.5, 0.6) is 17.2 Å². The van der Waals surface area contributed by atoms with Crippen molar-refractivity contribution in [1.29, 1.82) is 5.26 Å². The van der Waals surface area contributed by atoms with Crippen molar-refractivity contribution in [3.63, 3.8) is 0 Å². The highest BCUT2D eigenvalue weighted by atomic mass is 16.5. The fourth-order valence-electron chi connectivity index (χ4n) is 3.32. The topological polar surface area (TPSA) is 58.0 Å². The van der Waals surface area contributed by atoms with Crippen LogP contribution in [0.4, 0.5) is 0 Å². The molecule has 1 aliphatic rings. The molecule has 2 rings (SSSR count). The quantitative estimate of drug-likeness (QED) is 0.796. The molecule has 1 fully saturated rings. The Balaban J connectivity index is 2.36. The van der Waals surface area contributed by atoms with Crippen LogP contribution in [-0.4, -0.2) is 63.4 Å². The van der Waals surface area contributed by atoms with Gasteiger partial charge in [0.25, 0.3) is 0 Å². The van der Waals surface area contributed by atoms with E-state index in [0.717, 1.165) is 31.7 Å². The normalized spacial score (nSPS) is 20.2. The second-order valence-electron chi connectivity index (χ2n) is 5.97. The number of hydrogen-bond donors (Lipinski definition) is 0. The summed E-state index contributed by atoms with van der Waals surface area (Å²) in [4.78, 5) is 4.65. The number of benzene rings is 1. The molecule has 132 valence electrons. The molecule has 2 atom stereocenters. The second kappa shape index (κ2) is 8.22. The van der Waals surface area contributed by atoms with Crippen LogP contribution in [0, 0.1) is 11.3 Å². The minimum Gasteiger partial charge on any atom is -0.493 e. The van der Waals surface area contributed by atoms with Crippen LogP contribution < -0.4 is 14.2 Å². The Labute approximate surface area is 144 Å². The van der Waals surface area contributed by atoms with Gasteiger partial charge in [-0.15, -0.1) is 0 Å². The van der Waals surface area contributed by atoms with Crippen molar-refractivity contribution in [2.75, 3.05) is 47.5 Å². The van der Waals surface area contributed by atoms with Crippen molar-refractivity contribution in [3.8, 4) is 23.3 Å². The third-order valence-corrected chi connectivity index (χ3v) is 4.67. The lowest BCUT2D eigenvalue weighted by Crippen LogP contribution is -2.52. The van der Waals surface area contributed by atoms with E-state index in [1.165, 1.54) is 0 Å². The Bertz CT molecular complexity index is 575. The fraction of sp³-hybridized carbons (Fsp3) is 0.611. The van der Waals surface area contributed by atoms with Crippen LogP contribution in [0.3, 0.4) is 0 Å². The molecular weight excluding hydrogens is 306 g/mol. The number of likely N-dealkylation sites (N-methyl/N-ethyl adjacent to an activating group) is 1. The van der Waals surface area contributed by atoms with Crippen molar-refractivity contribution >= 4 is 0 Å². The van der Waals surface area contributed by atoms with Gasteiger partial charge in [0, 0.05) is 25.7 Å². The molecule has 0 aromatic heterocycles. The average Bonchev–Trinajstić information content (AvgIpc) is 2.62. The Kier molecular flexibility index (Phi) is 6.29. The predicted molar refractivity (Wildman–Crippen MR) is 92.7 cm³/mol. The Hall–Kier alpha value is -1.97. The summed E-state index contributed by atoms with van der Waals surface area (Å²) in [5.41, 5.74) is 0.865. The average molecular weight is 333 g/mol. The van der Waals surface area contributed by atoms with E-state index in [2.05, 4.69) is 29.7 Å². The van der Waals surface area contributed by atoms with Gasteiger partial charge in [0.05, 0.1) is 27.4 Å². The molecule has 24 heavy (non-hydrogen) atoms. The molecule has 0 amide bonds. The van der Waals surface area contributed by atoms with Crippen LogP contribution in [0.15, 0.2) is 12.1 Å². The van der Waals surface area contributed by atoms with Crippen molar-refractivity contribution < 1.29 is 14.2 Å². The largest absolute Gasteiger partial charge is 0.493 e. The molecule has 0 N–H and O–H groups in total. The van der Waals surface area contributed by atoms with E-state index in [1.54, 1.807) is 21.3 Å². The van der Waals surface area contributed by atoms with Gasteiger partial charge in [0.15, 0.2) is 11.5 Å². The Morgan fingerprint density at radius 3 is 2.21 bits per heavy atom. The Morgan fingerprint density at radius 1 is 1.17 bits per heavy atom. The maximum Gasteiger partial charge on any atom is 0.203 e. The van der Waals surface area contributed by atoms with Gasteiger partial charge in [-0.05, 0) is 31.2 Å². The molecule has 1 saturated heterocycles. The molecule has 0 aliphatic carbocycles. The highest BCUT2D eigenvalue weighted by molar-refractivity contribution is 5.55. The summed E-state index contributed by atoms with van der Waals surface area (Å²) in [5.74, 6) is 1.70. The van der Waals surface area contributed by atoms with Crippen LogP contribution >= 0.6 is 0 Å². The molecular formula is C18H27N3O3. The maximum absolute atomic E-state index is 9.81. The number of nitriles is 1. The first-order valence-electron chi connectivity index (χ1n) is 8.27. The molecule has 0 saturated carbocycles.